The highest BCUT2D eigenvalue weighted by atomic mass is 16.5. The lowest BCUT2D eigenvalue weighted by molar-refractivity contribution is 0.174. The summed E-state index contributed by atoms with van der Waals surface area (Å²) in [6.45, 7) is 3.89. The molecule has 0 bridgehead atoms. The van der Waals surface area contributed by atoms with Gasteiger partial charge in [-0.15, -0.1) is 0 Å². The van der Waals surface area contributed by atoms with E-state index in [0.717, 1.165) is 16.9 Å². The summed E-state index contributed by atoms with van der Waals surface area (Å²) in [5.41, 5.74) is 2.08. The van der Waals surface area contributed by atoms with E-state index < -0.39 is 6.10 Å². The molecule has 0 heterocycles. The lowest BCUT2D eigenvalue weighted by Gasteiger charge is -2.12. The van der Waals surface area contributed by atoms with Crippen LogP contribution >= 0.6 is 0 Å². The number of rotatable bonds is 7. The summed E-state index contributed by atoms with van der Waals surface area (Å²) < 4.78 is 5.47. The second-order valence-corrected chi connectivity index (χ2v) is 4.64. The van der Waals surface area contributed by atoms with Crippen LogP contribution in [0, 0.1) is 0 Å². The Morgan fingerprint density at radius 2 is 1.90 bits per heavy atom. The fraction of sp³-hybridized carbons (Fsp3) is 0.294. The second-order valence-electron chi connectivity index (χ2n) is 4.64. The number of ether oxygens (including phenoxy) is 1. The standard InChI is InChI=1S/C17H21NO2/c1-2-20-16-10-6-7-14(11-16)12-18-13-17(19)15-8-4-3-5-9-15/h3-11,17-19H,2,12-13H2,1H3. The SMILES string of the molecule is CCOc1cccc(CNCC(O)c2ccccc2)c1. The molecule has 0 aliphatic carbocycles. The van der Waals surface area contributed by atoms with Crippen LogP contribution in [0.1, 0.15) is 24.2 Å². The van der Waals surface area contributed by atoms with Gasteiger partial charge in [0, 0.05) is 13.1 Å². The Morgan fingerprint density at radius 3 is 2.65 bits per heavy atom. The lowest BCUT2D eigenvalue weighted by Crippen LogP contribution is -2.21. The number of hydrogen-bond donors (Lipinski definition) is 2. The van der Waals surface area contributed by atoms with Gasteiger partial charge in [0.2, 0.25) is 0 Å². The van der Waals surface area contributed by atoms with Crippen LogP contribution in [0.15, 0.2) is 54.6 Å². The summed E-state index contributed by atoms with van der Waals surface area (Å²) in [5.74, 6) is 0.885. The summed E-state index contributed by atoms with van der Waals surface area (Å²) in [5, 5.41) is 13.3. The molecule has 0 spiro atoms. The molecule has 0 radical (unpaired) electrons. The Kier molecular flexibility index (Phi) is 5.59. The molecular weight excluding hydrogens is 250 g/mol. The van der Waals surface area contributed by atoms with Crippen molar-refractivity contribution >= 4 is 0 Å². The summed E-state index contributed by atoms with van der Waals surface area (Å²) in [7, 11) is 0. The molecular formula is C17H21NO2. The fourth-order valence-corrected chi connectivity index (χ4v) is 2.06. The Morgan fingerprint density at radius 1 is 1.10 bits per heavy atom. The van der Waals surface area contributed by atoms with Gasteiger partial charge in [-0.3, -0.25) is 0 Å². The monoisotopic (exact) mass is 271 g/mol. The third kappa shape index (κ3) is 4.37. The predicted molar refractivity (Wildman–Crippen MR) is 80.7 cm³/mol. The molecule has 0 saturated carbocycles. The van der Waals surface area contributed by atoms with Crippen LogP contribution in [-0.2, 0) is 6.54 Å². The van der Waals surface area contributed by atoms with E-state index in [-0.39, 0.29) is 0 Å². The minimum absolute atomic E-state index is 0.480. The molecule has 2 aromatic carbocycles. The van der Waals surface area contributed by atoms with Crippen LogP contribution in [0.4, 0.5) is 0 Å². The van der Waals surface area contributed by atoms with Crippen molar-refractivity contribution in [1.29, 1.82) is 0 Å². The van der Waals surface area contributed by atoms with Gasteiger partial charge in [-0.25, -0.2) is 0 Å². The highest BCUT2D eigenvalue weighted by Crippen LogP contribution is 2.14. The van der Waals surface area contributed by atoms with Gasteiger partial charge in [0.05, 0.1) is 12.7 Å². The van der Waals surface area contributed by atoms with E-state index in [1.54, 1.807) is 0 Å². The molecule has 0 amide bonds. The molecule has 0 aliphatic rings. The van der Waals surface area contributed by atoms with Crippen molar-refractivity contribution in [2.45, 2.75) is 19.6 Å². The van der Waals surface area contributed by atoms with Gasteiger partial charge >= 0.3 is 0 Å². The number of aliphatic hydroxyl groups is 1. The second kappa shape index (κ2) is 7.68. The highest BCUT2D eigenvalue weighted by Gasteiger charge is 2.05. The topological polar surface area (TPSA) is 41.5 Å². The highest BCUT2D eigenvalue weighted by molar-refractivity contribution is 5.28. The first kappa shape index (κ1) is 14.6. The fourth-order valence-electron chi connectivity index (χ4n) is 2.06. The first-order valence-electron chi connectivity index (χ1n) is 6.95. The molecule has 106 valence electrons. The summed E-state index contributed by atoms with van der Waals surface area (Å²) in [4.78, 5) is 0. The molecule has 2 rings (SSSR count). The van der Waals surface area contributed by atoms with Crippen molar-refractivity contribution in [1.82, 2.24) is 5.32 Å². The Balaban J connectivity index is 1.82. The van der Waals surface area contributed by atoms with Crippen LogP contribution < -0.4 is 10.1 Å². The van der Waals surface area contributed by atoms with Gasteiger partial charge in [-0.2, -0.15) is 0 Å². The van der Waals surface area contributed by atoms with Crippen LogP contribution in [0.3, 0.4) is 0 Å². The summed E-state index contributed by atoms with van der Waals surface area (Å²) in [6, 6.07) is 17.7. The zero-order valence-electron chi connectivity index (χ0n) is 11.8. The van der Waals surface area contributed by atoms with Crippen molar-refractivity contribution in [3.8, 4) is 5.75 Å². The largest absolute Gasteiger partial charge is 0.494 e. The van der Waals surface area contributed by atoms with E-state index in [4.69, 9.17) is 4.74 Å². The molecule has 3 heteroatoms. The van der Waals surface area contributed by atoms with Crippen LogP contribution in [-0.4, -0.2) is 18.3 Å². The maximum Gasteiger partial charge on any atom is 0.119 e. The Labute approximate surface area is 120 Å². The van der Waals surface area contributed by atoms with E-state index >= 15 is 0 Å². The molecule has 2 N–H and O–H groups in total. The van der Waals surface area contributed by atoms with E-state index in [1.807, 2.05) is 61.5 Å². The minimum Gasteiger partial charge on any atom is -0.494 e. The van der Waals surface area contributed by atoms with Crippen LogP contribution in [0.2, 0.25) is 0 Å². The first-order valence-corrected chi connectivity index (χ1v) is 6.95. The quantitative estimate of drug-likeness (QED) is 0.813. The van der Waals surface area contributed by atoms with Gasteiger partial charge in [0.15, 0.2) is 0 Å². The first-order chi connectivity index (χ1) is 9.79. The molecule has 1 unspecified atom stereocenters. The molecule has 3 nitrogen and oxygen atoms in total. The molecule has 0 aliphatic heterocycles. The lowest BCUT2D eigenvalue weighted by atomic mass is 10.1. The van der Waals surface area contributed by atoms with E-state index in [1.165, 1.54) is 0 Å². The van der Waals surface area contributed by atoms with Crippen molar-refractivity contribution < 1.29 is 9.84 Å². The van der Waals surface area contributed by atoms with Crippen molar-refractivity contribution in [2.75, 3.05) is 13.2 Å². The summed E-state index contributed by atoms with van der Waals surface area (Å²) in [6.07, 6.45) is -0.480. The molecule has 0 saturated heterocycles. The molecule has 0 fully saturated rings. The molecule has 0 aromatic heterocycles. The van der Waals surface area contributed by atoms with Crippen molar-refractivity contribution in [2.24, 2.45) is 0 Å². The van der Waals surface area contributed by atoms with Gasteiger partial charge in [-0.1, -0.05) is 42.5 Å². The zero-order chi connectivity index (χ0) is 14.2. The predicted octanol–water partition coefficient (Wildman–Crippen LogP) is 2.91. The van der Waals surface area contributed by atoms with Crippen molar-refractivity contribution in [3.05, 3.63) is 65.7 Å². The van der Waals surface area contributed by atoms with Crippen LogP contribution in [0.5, 0.6) is 5.75 Å². The Hall–Kier alpha value is -1.84. The maximum absolute atomic E-state index is 10.1. The number of benzene rings is 2. The van der Waals surface area contributed by atoms with Gasteiger partial charge in [0.25, 0.3) is 0 Å². The van der Waals surface area contributed by atoms with Crippen molar-refractivity contribution in [3.63, 3.8) is 0 Å². The van der Waals surface area contributed by atoms with Gasteiger partial charge in [-0.05, 0) is 30.2 Å². The smallest absolute Gasteiger partial charge is 0.119 e. The van der Waals surface area contributed by atoms with Gasteiger partial charge in [0.1, 0.15) is 5.75 Å². The normalized spacial score (nSPS) is 12.1. The number of nitrogens with one attached hydrogen (secondary N) is 1. The van der Waals surface area contributed by atoms with Crippen LogP contribution in [0.25, 0.3) is 0 Å². The molecule has 20 heavy (non-hydrogen) atoms. The number of hydrogen-bond acceptors (Lipinski definition) is 3. The minimum atomic E-state index is -0.480. The molecule has 2 aromatic rings. The van der Waals surface area contributed by atoms with Gasteiger partial charge < -0.3 is 15.2 Å². The molecule has 1 atom stereocenters. The van der Waals surface area contributed by atoms with E-state index in [9.17, 15) is 5.11 Å². The average molecular weight is 271 g/mol. The van der Waals surface area contributed by atoms with E-state index in [0.29, 0.717) is 19.7 Å². The summed E-state index contributed by atoms with van der Waals surface area (Å²) >= 11 is 0. The zero-order valence-corrected chi connectivity index (χ0v) is 11.8. The number of aliphatic hydroxyl groups excluding tert-OH is 1. The van der Waals surface area contributed by atoms with E-state index in [2.05, 4.69) is 5.32 Å². The maximum atomic E-state index is 10.1. The average Bonchev–Trinajstić information content (AvgIpc) is 2.49. The Bertz CT molecular complexity index is 513. The third-order valence-electron chi connectivity index (χ3n) is 3.06. The third-order valence-corrected chi connectivity index (χ3v) is 3.06.